The molecule has 32 heavy (non-hydrogen) atoms. The standard InChI is InChI=1S/C23H26N4O3S2/c1-14(22(30)25-19-8-6-18(7-9-19)24-15(2)28)32-23(31)26-11-16-10-17(13-26)20-4-3-5-21(29)27(20)12-16/h3-9,14,16-17H,10-13H2,1-2H3,(H,24,28)(H,25,30)/t14-,16+,17+/m1/s1. The number of aromatic nitrogens is 1. The lowest BCUT2D eigenvalue weighted by atomic mass is 9.83. The molecule has 3 heterocycles. The van der Waals surface area contributed by atoms with Crippen LogP contribution < -0.4 is 16.2 Å². The number of piperidine rings is 1. The maximum atomic E-state index is 12.7. The fourth-order valence-corrected chi connectivity index (χ4v) is 5.76. The second kappa shape index (κ2) is 9.46. The van der Waals surface area contributed by atoms with Crippen LogP contribution in [0.4, 0.5) is 11.4 Å². The van der Waals surface area contributed by atoms with E-state index >= 15 is 0 Å². The SMILES string of the molecule is CC(=O)Nc1ccc(NC(=O)[C@@H](C)SC(=S)N2C[C@@H]3C[C@@H](C2)c2cccc(=O)n2C3)cc1. The molecule has 9 heteroatoms. The minimum Gasteiger partial charge on any atom is -0.356 e. The van der Waals surface area contributed by atoms with Crippen molar-refractivity contribution in [3.63, 3.8) is 0 Å². The van der Waals surface area contributed by atoms with Gasteiger partial charge in [-0.3, -0.25) is 14.4 Å². The summed E-state index contributed by atoms with van der Waals surface area (Å²) in [4.78, 5) is 38.2. The second-order valence-corrected chi connectivity index (χ2v) is 10.4. The fourth-order valence-electron chi connectivity index (χ4n) is 4.41. The third-order valence-corrected chi connectivity index (χ3v) is 7.43. The van der Waals surface area contributed by atoms with Gasteiger partial charge in [0.1, 0.15) is 4.32 Å². The zero-order chi connectivity index (χ0) is 22.8. The molecule has 2 amide bonds. The van der Waals surface area contributed by atoms with Crippen LogP contribution in [0.2, 0.25) is 0 Å². The van der Waals surface area contributed by atoms with E-state index in [1.165, 1.54) is 18.7 Å². The molecule has 2 aliphatic rings. The number of nitrogens with zero attached hydrogens (tertiary/aromatic N) is 2. The molecule has 2 N–H and O–H groups in total. The maximum absolute atomic E-state index is 12.7. The molecule has 3 atom stereocenters. The van der Waals surface area contributed by atoms with Crippen LogP contribution in [0.1, 0.15) is 31.9 Å². The fraction of sp³-hybridized carbons (Fsp3) is 0.391. The molecule has 168 valence electrons. The average molecular weight is 471 g/mol. The average Bonchev–Trinajstić information content (AvgIpc) is 2.75. The van der Waals surface area contributed by atoms with Crippen LogP contribution >= 0.6 is 24.0 Å². The minimum atomic E-state index is -0.353. The van der Waals surface area contributed by atoms with Crippen molar-refractivity contribution >= 4 is 51.5 Å². The van der Waals surface area contributed by atoms with Crippen LogP contribution in [0.3, 0.4) is 0 Å². The van der Waals surface area contributed by atoms with Gasteiger partial charge in [-0.25, -0.2) is 0 Å². The van der Waals surface area contributed by atoms with Crippen LogP contribution in [-0.4, -0.2) is 43.9 Å². The van der Waals surface area contributed by atoms with Gasteiger partial charge in [0.05, 0.1) is 5.25 Å². The number of hydrogen-bond acceptors (Lipinski definition) is 5. The minimum absolute atomic E-state index is 0.0676. The number of rotatable bonds is 4. The summed E-state index contributed by atoms with van der Waals surface area (Å²) in [5, 5.41) is 5.25. The molecule has 7 nitrogen and oxygen atoms in total. The van der Waals surface area contributed by atoms with Crippen LogP contribution in [-0.2, 0) is 16.1 Å². The highest BCUT2D eigenvalue weighted by atomic mass is 32.2. The normalized spacial score (nSPS) is 20.1. The van der Waals surface area contributed by atoms with Crippen molar-refractivity contribution in [2.75, 3.05) is 23.7 Å². The van der Waals surface area contributed by atoms with Gasteiger partial charge in [0.15, 0.2) is 0 Å². The molecule has 1 fully saturated rings. The molecule has 4 rings (SSSR count). The van der Waals surface area contributed by atoms with Crippen molar-refractivity contribution in [3.05, 3.63) is 58.5 Å². The number of carbonyl (C=O) groups excluding carboxylic acids is 2. The van der Waals surface area contributed by atoms with E-state index in [0.29, 0.717) is 17.3 Å². The lowest BCUT2D eigenvalue weighted by Gasteiger charge is -2.43. The number of amides is 2. The Labute approximate surface area is 196 Å². The highest BCUT2D eigenvalue weighted by Crippen LogP contribution is 2.36. The molecule has 2 bridgehead atoms. The Morgan fingerprint density at radius 2 is 1.75 bits per heavy atom. The van der Waals surface area contributed by atoms with E-state index in [4.69, 9.17) is 12.2 Å². The number of anilines is 2. The van der Waals surface area contributed by atoms with Gasteiger partial charge < -0.3 is 20.1 Å². The summed E-state index contributed by atoms with van der Waals surface area (Å²) < 4.78 is 2.62. The summed E-state index contributed by atoms with van der Waals surface area (Å²) in [6, 6.07) is 12.5. The molecule has 1 aromatic carbocycles. The van der Waals surface area contributed by atoms with Gasteiger partial charge in [-0.2, -0.15) is 0 Å². The van der Waals surface area contributed by atoms with E-state index in [1.54, 1.807) is 30.3 Å². The molecule has 0 saturated carbocycles. The Morgan fingerprint density at radius 1 is 1.06 bits per heavy atom. The Bertz CT molecular complexity index is 1100. The maximum Gasteiger partial charge on any atom is 0.250 e. The summed E-state index contributed by atoms with van der Waals surface area (Å²) >= 11 is 7.08. The number of nitrogens with one attached hydrogen (secondary N) is 2. The van der Waals surface area contributed by atoms with Gasteiger partial charge in [-0.1, -0.05) is 30.0 Å². The third-order valence-electron chi connectivity index (χ3n) is 5.86. The number of thiocarbonyl (C=S) groups is 1. The van der Waals surface area contributed by atoms with Gasteiger partial charge in [0, 0.05) is 55.6 Å². The molecular weight excluding hydrogens is 444 g/mol. The molecular formula is C23H26N4O3S2. The van der Waals surface area contributed by atoms with Gasteiger partial charge in [0.2, 0.25) is 11.8 Å². The molecule has 0 unspecified atom stereocenters. The van der Waals surface area contributed by atoms with Gasteiger partial charge in [-0.15, -0.1) is 0 Å². The quantitative estimate of drug-likeness (QED) is 0.668. The zero-order valence-electron chi connectivity index (χ0n) is 18.0. The number of hydrogen-bond donors (Lipinski definition) is 2. The first kappa shape index (κ1) is 22.5. The topological polar surface area (TPSA) is 83.4 Å². The first-order valence-electron chi connectivity index (χ1n) is 10.6. The van der Waals surface area contributed by atoms with E-state index < -0.39 is 0 Å². The van der Waals surface area contributed by atoms with Crippen LogP contribution in [0.15, 0.2) is 47.3 Å². The van der Waals surface area contributed by atoms with Crippen molar-refractivity contribution < 1.29 is 9.59 Å². The number of likely N-dealkylation sites (tertiary alicyclic amines) is 1. The summed E-state index contributed by atoms with van der Waals surface area (Å²) in [5.41, 5.74) is 2.49. The summed E-state index contributed by atoms with van der Waals surface area (Å²) in [6.07, 6.45) is 1.07. The Balaban J connectivity index is 1.34. The number of carbonyl (C=O) groups is 2. The van der Waals surface area contributed by atoms with E-state index in [2.05, 4.69) is 15.5 Å². The largest absolute Gasteiger partial charge is 0.356 e. The van der Waals surface area contributed by atoms with Gasteiger partial charge >= 0.3 is 0 Å². The predicted octanol–water partition coefficient (Wildman–Crippen LogP) is 3.27. The molecule has 1 saturated heterocycles. The molecule has 2 aromatic rings. The summed E-state index contributed by atoms with van der Waals surface area (Å²) in [7, 11) is 0. The number of fused-ring (bicyclic) bond motifs is 4. The third kappa shape index (κ3) is 5.05. The van der Waals surface area contributed by atoms with E-state index in [-0.39, 0.29) is 28.5 Å². The number of thioether (sulfide) groups is 1. The predicted molar refractivity (Wildman–Crippen MR) is 132 cm³/mol. The van der Waals surface area contributed by atoms with Gasteiger partial charge in [-0.05, 0) is 49.6 Å². The van der Waals surface area contributed by atoms with Crippen molar-refractivity contribution in [1.82, 2.24) is 9.47 Å². The first-order chi connectivity index (χ1) is 15.3. The van der Waals surface area contributed by atoms with Crippen molar-refractivity contribution in [2.45, 2.75) is 38.0 Å². The lowest BCUT2D eigenvalue weighted by molar-refractivity contribution is -0.115. The molecule has 0 aliphatic carbocycles. The molecule has 1 aromatic heterocycles. The molecule has 0 spiro atoms. The Morgan fingerprint density at radius 3 is 2.44 bits per heavy atom. The lowest BCUT2D eigenvalue weighted by Crippen LogP contribution is -2.48. The summed E-state index contributed by atoms with van der Waals surface area (Å²) in [6.45, 7) is 5.59. The monoisotopic (exact) mass is 470 g/mol. The zero-order valence-corrected chi connectivity index (χ0v) is 19.7. The van der Waals surface area contributed by atoms with Crippen molar-refractivity contribution in [2.24, 2.45) is 5.92 Å². The van der Waals surface area contributed by atoms with Crippen LogP contribution in [0.25, 0.3) is 0 Å². The molecule has 0 radical (unpaired) electrons. The van der Waals surface area contributed by atoms with Crippen molar-refractivity contribution in [3.8, 4) is 0 Å². The van der Waals surface area contributed by atoms with Crippen LogP contribution in [0, 0.1) is 5.92 Å². The van der Waals surface area contributed by atoms with Crippen LogP contribution in [0.5, 0.6) is 0 Å². The van der Waals surface area contributed by atoms with E-state index in [9.17, 15) is 14.4 Å². The van der Waals surface area contributed by atoms with E-state index in [1.807, 2.05) is 23.6 Å². The Hall–Kier alpha value is -2.65. The number of benzene rings is 1. The Kier molecular flexibility index (Phi) is 6.66. The smallest absolute Gasteiger partial charge is 0.250 e. The van der Waals surface area contributed by atoms with E-state index in [0.717, 1.165) is 36.1 Å². The highest BCUT2D eigenvalue weighted by Gasteiger charge is 2.35. The number of pyridine rings is 1. The highest BCUT2D eigenvalue weighted by molar-refractivity contribution is 8.23. The summed E-state index contributed by atoms with van der Waals surface area (Å²) in [5.74, 6) is 0.392. The first-order valence-corrected chi connectivity index (χ1v) is 11.9. The second-order valence-electron chi connectivity index (χ2n) is 8.38. The molecule has 2 aliphatic heterocycles. The van der Waals surface area contributed by atoms with Crippen molar-refractivity contribution in [1.29, 1.82) is 0 Å². The van der Waals surface area contributed by atoms with Gasteiger partial charge in [0.25, 0.3) is 5.56 Å².